The zero-order chi connectivity index (χ0) is 12.8. The number of carbonyl (C=O) groups excluding carboxylic acids is 2. The highest BCUT2D eigenvalue weighted by molar-refractivity contribution is 5.84. The van der Waals surface area contributed by atoms with Gasteiger partial charge in [-0.25, -0.2) is 0 Å². The molecule has 0 saturated heterocycles. The number of hydrogen-bond donors (Lipinski definition) is 4. The average molecular weight is 237 g/mol. The van der Waals surface area contributed by atoms with E-state index in [2.05, 4.69) is 10.9 Å². The highest BCUT2D eigenvalue weighted by Crippen LogP contribution is 2.10. The molecule has 0 bridgehead atoms. The molecule has 1 aromatic rings. The van der Waals surface area contributed by atoms with Gasteiger partial charge in [0.1, 0.15) is 5.75 Å². The van der Waals surface area contributed by atoms with E-state index in [0.29, 0.717) is 6.42 Å². The number of amides is 2. The Labute approximate surface area is 98.8 Å². The van der Waals surface area contributed by atoms with Crippen LogP contribution in [0, 0.1) is 0 Å². The van der Waals surface area contributed by atoms with Gasteiger partial charge in [0.25, 0.3) is 5.91 Å². The van der Waals surface area contributed by atoms with Crippen molar-refractivity contribution < 1.29 is 14.7 Å². The van der Waals surface area contributed by atoms with Gasteiger partial charge in [-0.05, 0) is 24.1 Å². The molecule has 0 radical (unpaired) electrons. The molecule has 0 heterocycles. The second-order valence-corrected chi connectivity index (χ2v) is 3.65. The van der Waals surface area contributed by atoms with Gasteiger partial charge in [0.15, 0.2) is 0 Å². The first kappa shape index (κ1) is 13.0. The zero-order valence-corrected chi connectivity index (χ0v) is 9.43. The van der Waals surface area contributed by atoms with Crippen molar-refractivity contribution in [1.29, 1.82) is 0 Å². The van der Waals surface area contributed by atoms with Crippen molar-refractivity contribution in [1.82, 2.24) is 10.9 Å². The molecule has 6 nitrogen and oxygen atoms in total. The van der Waals surface area contributed by atoms with E-state index >= 15 is 0 Å². The fourth-order valence-electron chi connectivity index (χ4n) is 1.22. The molecule has 92 valence electrons. The van der Waals surface area contributed by atoms with Crippen molar-refractivity contribution in [2.75, 3.05) is 0 Å². The number of hydrazine groups is 1. The second-order valence-electron chi connectivity index (χ2n) is 3.65. The summed E-state index contributed by atoms with van der Waals surface area (Å²) in [7, 11) is 0. The van der Waals surface area contributed by atoms with E-state index in [1.807, 2.05) is 0 Å². The van der Waals surface area contributed by atoms with E-state index in [4.69, 9.17) is 10.8 Å². The standard InChI is InChI=1S/C11H15N3O3/c1-7(15)13-14-11(17)10(12)6-8-2-4-9(16)5-3-8/h2-5,10,16H,6,12H2,1H3,(H,13,15)(H,14,17)/t10-/m1/s1. The van der Waals surface area contributed by atoms with E-state index in [0.717, 1.165) is 5.56 Å². The van der Waals surface area contributed by atoms with E-state index in [1.165, 1.54) is 19.1 Å². The summed E-state index contributed by atoms with van der Waals surface area (Å²) in [6.45, 7) is 1.28. The number of phenolic OH excluding ortho intramolecular Hbond substituents is 1. The van der Waals surface area contributed by atoms with Gasteiger partial charge in [0.2, 0.25) is 5.91 Å². The molecule has 0 fully saturated rings. The molecular weight excluding hydrogens is 222 g/mol. The normalized spacial score (nSPS) is 11.6. The smallest absolute Gasteiger partial charge is 0.255 e. The van der Waals surface area contributed by atoms with Gasteiger partial charge in [-0.15, -0.1) is 0 Å². The minimum Gasteiger partial charge on any atom is -0.508 e. The van der Waals surface area contributed by atoms with E-state index in [9.17, 15) is 9.59 Å². The Hall–Kier alpha value is -2.08. The molecule has 0 aliphatic heterocycles. The molecule has 1 rings (SSSR count). The molecule has 0 aromatic heterocycles. The molecule has 17 heavy (non-hydrogen) atoms. The lowest BCUT2D eigenvalue weighted by Gasteiger charge is -2.12. The Kier molecular flexibility index (Phi) is 4.47. The fraction of sp³-hybridized carbons (Fsp3) is 0.273. The van der Waals surface area contributed by atoms with Gasteiger partial charge < -0.3 is 10.8 Å². The van der Waals surface area contributed by atoms with E-state index in [1.54, 1.807) is 12.1 Å². The van der Waals surface area contributed by atoms with Crippen LogP contribution in [0.3, 0.4) is 0 Å². The van der Waals surface area contributed by atoms with Crippen LogP contribution < -0.4 is 16.6 Å². The summed E-state index contributed by atoms with van der Waals surface area (Å²) < 4.78 is 0. The van der Waals surface area contributed by atoms with Gasteiger partial charge in [0.05, 0.1) is 6.04 Å². The molecular formula is C11H15N3O3. The zero-order valence-electron chi connectivity index (χ0n) is 9.43. The minimum absolute atomic E-state index is 0.157. The number of nitrogens with two attached hydrogens (primary N) is 1. The van der Waals surface area contributed by atoms with E-state index < -0.39 is 11.9 Å². The Bertz CT molecular complexity index is 403. The first-order valence-corrected chi connectivity index (χ1v) is 5.09. The Balaban J connectivity index is 2.48. The van der Waals surface area contributed by atoms with E-state index in [-0.39, 0.29) is 11.7 Å². The van der Waals surface area contributed by atoms with Crippen molar-refractivity contribution in [3.8, 4) is 5.75 Å². The van der Waals surface area contributed by atoms with Crippen LogP contribution in [0.2, 0.25) is 0 Å². The summed E-state index contributed by atoms with van der Waals surface area (Å²) in [6, 6.07) is 5.65. The average Bonchev–Trinajstić information content (AvgIpc) is 2.28. The van der Waals surface area contributed by atoms with Crippen LogP contribution in [-0.4, -0.2) is 23.0 Å². The molecule has 1 aromatic carbocycles. The van der Waals surface area contributed by atoms with Crippen molar-refractivity contribution in [3.63, 3.8) is 0 Å². The molecule has 0 spiro atoms. The maximum Gasteiger partial charge on any atom is 0.255 e. The molecule has 0 aliphatic rings. The number of phenols is 1. The van der Waals surface area contributed by atoms with Gasteiger partial charge >= 0.3 is 0 Å². The van der Waals surface area contributed by atoms with Crippen molar-refractivity contribution in [2.24, 2.45) is 5.73 Å². The lowest BCUT2D eigenvalue weighted by molar-refractivity contribution is -0.128. The molecule has 6 heteroatoms. The number of hydrogen-bond acceptors (Lipinski definition) is 4. The molecule has 0 saturated carbocycles. The largest absolute Gasteiger partial charge is 0.508 e. The van der Waals surface area contributed by atoms with Crippen LogP contribution in [0.4, 0.5) is 0 Å². The quantitative estimate of drug-likeness (QED) is 0.528. The highest BCUT2D eigenvalue weighted by atomic mass is 16.3. The number of benzene rings is 1. The third-order valence-electron chi connectivity index (χ3n) is 2.09. The van der Waals surface area contributed by atoms with Crippen LogP contribution >= 0.6 is 0 Å². The van der Waals surface area contributed by atoms with Gasteiger partial charge in [-0.1, -0.05) is 12.1 Å². The van der Waals surface area contributed by atoms with Crippen molar-refractivity contribution in [2.45, 2.75) is 19.4 Å². The van der Waals surface area contributed by atoms with Crippen LogP contribution in [0.25, 0.3) is 0 Å². The predicted molar refractivity (Wildman–Crippen MR) is 61.7 cm³/mol. The predicted octanol–water partition coefficient (Wildman–Crippen LogP) is -0.571. The summed E-state index contributed by atoms with van der Waals surface area (Å²) in [5, 5.41) is 9.09. The number of carbonyl (C=O) groups is 2. The minimum atomic E-state index is -0.758. The molecule has 1 atom stereocenters. The monoisotopic (exact) mass is 237 g/mol. The molecule has 2 amide bonds. The first-order chi connectivity index (χ1) is 7.99. The Morgan fingerprint density at radius 1 is 1.29 bits per heavy atom. The van der Waals surface area contributed by atoms with Crippen LogP contribution in [-0.2, 0) is 16.0 Å². The number of aromatic hydroxyl groups is 1. The van der Waals surface area contributed by atoms with Gasteiger partial charge in [0, 0.05) is 6.92 Å². The maximum absolute atomic E-state index is 11.4. The lowest BCUT2D eigenvalue weighted by Crippen LogP contribution is -2.49. The number of nitrogens with one attached hydrogen (secondary N) is 2. The lowest BCUT2D eigenvalue weighted by atomic mass is 10.1. The van der Waals surface area contributed by atoms with Gasteiger partial charge in [-0.3, -0.25) is 20.4 Å². The van der Waals surface area contributed by atoms with Crippen molar-refractivity contribution >= 4 is 11.8 Å². The molecule has 0 aliphatic carbocycles. The SMILES string of the molecule is CC(=O)NNC(=O)[C@H](N)Cc1ccc(O)cc1. The summed E-state index contributed by atoms with van der Waals surface area (Å²) in [5.74, 6) is -0.673. The summed E-state index contributed by atoms with van der Waals surface area (Å²) in [4.78, 5) is 22.0. The fourth-order valence-corrected chi connectivity index (χ4v) is 1.22. The Morgan fingerprint density at radius 3 is 2.41 bits per heavy atom. The summed E-state index contributed by atoms with van der Waals surface area (Å²) in [5.41, 5.74) is 10.8. The third kappa shape index (κ3) is 4.52. The first-order valence-electron chi connectivity index (χ1n) is 5.09. The van der Waals surface area contributed by atoms with Crippen LogP contribution in [0.15, 0.2) is 24.3 Å². The third-order valence-corrected chi connectivity index (χ3v) is 2.09. The highest BCUT2D eigenvalue weighted by Gasteiger charge is 2.13. The van der Waals surface area contributed by atoms with Crippen LogP contribution in [0.5, 0.6) is 5.75 Å². The Morgan fingerprint density at radius 2 is 1.88 bits per heavy atom. The van der Waals surface area contributed by atoms with Crippen LogP contribution in [0.1, 0.15) is 12.5 Å². The van der Waals surface area contributed by atoms with Gasteiger partial charge in [-0.2, -0.15) is 0 Å². The van der Waals surface area contributed by atoms with Crippen molar-refractivity contribution in [3.05, 3.63) is 29.8 Å². The summed E-state index contributed by atoms with van der Waals surface area (Å²) in [6.07, 6.45) is 0.325. The number of rotatable bonds is 3. The summed E-state index contributed by atoms with van der Waals surface area (Å²) >= 11 is 0. The maximum atomic E-state index is 11.4. The molecule has 0 unspecified atom stereocenters. The second kappa shape index (κ2) is 5.86. The molecule has 5 N–H and O–H groups in total. The topological polar surface area (TPSA) is 104 Å².